The molecule has 0 aromatic carbocycles. The molecular formula is C13H17N. The largest absolute Gasteiger partial charge is 0.257 e. The van der Waals surface area contributed by atoms with Crippen LogP contribution in [0.25, 0.3) is 6.08 Å². The van der Waals surface area contributed by atoms with E-state index >= 15 is 0 Å². The van der Waals surface area contributed by atoms with E-state index < -0.39 is 0 Å². The molecule has 0 bridgehead atoms. The van der Waals surface area contributed by atoms with Crippen molar-refractivity contribution in [2.45, 2.75) is 32.6 Å². The first-order chi connectivity index (χ1) is 6.84. The summed E-state index contributed by atoms with van der Waals surface area (Å²) in [6, 6.07) is 6.08. The van der Waals surface area contributed by atoms with Crippen LogP contribution in [-0.2, 0) is 0 Å². The molecule has 1 aromatic heterocycles. The van der Waals surface area contributed by atoms with Crippen LogP contribution in [0.5, 0.6) is 0 Å². The van der Waals surface area contributed by atoms with Crippen LogP contribution in [0, 0.1) is 5.92 Å². The molecule has 0 spiro atoms. The highest BCUT2D eigenvalue weighted by Crippen LogP contribution is 2.28. The van der Waals surface area contributed by atoms with Crippen LogP contribution >= 0.6 is 0 Å². The molecule has 1 aliphatic rings. The van der Waals surface area contributed by atoms with Crippen molar-refractivity contribution in [3.8, 4) is 0 Å². The molecule has 1 heteroatoms. The van der Waals surface area contributed by atoms with E-state index in [9.17, 15) is 0 Å². The second-order valence-corrected chi connectivity index (χ2v) is 4.24. The van der Waals surface area contributed by atoms with E-state index in [1.807, 2.05) is 18.3 Å². The number of hydrogen-bond acceptors (Lipinski definition) is 1. The van der Waals surface area contributed by atoms with Gasteiger partial charge in [-0.15, -0.1) is 0 Å². The Labute approximate surface area is 85.9 Å². The van der Waals surface area contributed by atoms with Gasteiger partial charge in [-0.1, -0.05) is 18.6 Å². The average Bonchev–Trinajstić information content (AvgIpc) is 2.23. The Hall–Kier alpha value is -1.11. The average molecular weight is 187 g/mol. The number of pyridine rings is 1. The molecule has 1 fully saturated rings. The molecule has 74 valence electrons. The highest BCUT2D eigenvalue weighted by molar-refractivity contribution is 5.48. The third-order valence-electron chi connectivity index (χ3n) is 2.96. The molecule has 0 N–H and O–H groups in total. The molecule has 0 saturated heterocycles. The van der Waals surface area contributed by atoms with Crippen molar-refractivity contribution in [1.82, 2.24) is 4.98 Å². The topological polar surface area (TPSA) is 12.9 Å². The first-order valence-corrected chi connectivity index (χ1v) is 5.45. The fraction of sp³-hybridized carbons (Fsp3) is 0.462. The SMILES string of the molecule is CC1CCC(=Cc2ccccn2)CC1. The summed E-state index contributed by atoms with van der Waals surface area (Å²) in [4.78, 5) is 4.32. The summed E-state index contributed by atoms with van der Waals surface area (Å²) in [5.74, 6) is 0.913. The van der Waals surface area contributed by atoms with E-state index in [0.29, 0.717) is 0 Å². The minimum atomic E-state index is 0.913. The zero-order valence-corrected chi connectivity index (χ0v) is 8.74. The number of nitrogens with zero attached hydrogens (tertiary/aromatic N) is 1. The zero-order valence-electron chi connectivity index (χ0n) is 8.74. The van der Waals surface area contributed by atoms with Gasteiger partial charge in [0.15, 0.2) is 0 Å². The molecule has 0 amide bonds. The molecule has 14 heavy (non-hydrogen) atoms. The van der Waals surface area contributed by atoms with Gasteiger partial charge in [0.2, 0.25) is 0 Å². The van der Waals surface area contributed by atoms with Crippen LogP contribution in [-0.4, -0.2) is 4.98 Å². The summed E-state index contributed by atoms with van der Waals surface area (Å²) in [6.45, 7) is 2.34. The second kappa shape index (κ2) is 4.41. The summed E-state index contributed by atoms with van der Waals surface area (Å²) in [5.41, 5.74) is 2.68. The minimum absolute atomic E-state index is 0.913. The molecule has 0 unspecified atom stereocenters. The maximum atomic E-state index is 4.32. The maximum Gasteiger partial charge on any atom is 0.0629 e. The lowest BCUT2D eigenvalue weighted by molar-refractivity contribution is 0.446. The summed E-state index contributed by atoms with van der Waals surface area (Å²) < 4.78 is 0. The van der Waals surface area contributed by atoms with Gasteiger partial charge in [0.25, 0.3) is 0 Å². The fourth-order valence-electron chi connectivity index (χ4n) is 1.95. The van der Waals surface area contributed by atoms with Gasteiger partial charge in [-0.25, -0.2) is 0 Å². The van der Waals surface area contributed by atoms with Crippen molar-refractivity contribution in [3.63, 3.8) is 0 Å². The smallest absolute Gasteiger partial charge is 0.0629 e. The van der Waals surface area contributed by atoms with Crippen molar-refractivity contribution >= 4 is 6.08 Å². The molecular weight excluding hydrogens is 170 g/mol. The Bertz CT molecular complexity index is 303. The third-order valence-corrected chi connectivity index (χ3v) is 2.96. The van der Waals surface area contributed by atoms with E-state index in [4.69, 9.17) is 0 Å². The highest BCUT2D eigenvalue weighted by atomic mass is 14.6. The van der Waals surface area contributed by atoms with Crippen LogP contribution in [0.15, 0.2) is 30.0 Å². The van der Waals surface area contributed by atoms with Crippen molar-refractivity contribution < 1.29 is 0 Å². The van der Waals surface area contributed by atoms with Crippen LogP contribution in [0.4, 0.5) is 0 Å². The lowest BCUT2D eigenvalue weighted by atomic mass is 9.87. The third kappa shape index (κ3) is 2.44. The van der Waals surface area contributed by atoms with Gasteiger partial charge in [-0.3, -0.25) is 4.98 Å². The van der Waals surface area contributed by atoms with Gasteiger partial charge in [0.05, 0.1) is 5.69 Å². The van der Waals surface area contributed by atoms with E-state index in [-0.39, 0.29) is 0 Å². The maximum absolute atomic E-state index is 4.32. The van der Waals surface area contributed by atoms with Crippen LogP contribution < -0.4 is 0 Å². The van der Waals surface area contributed by atoms with Crippen LogP contribution in [0.2, 0.25) is 0 Å². The normalized spacial score (nSPS) is 22.1. The first-order valence-electron chi connectivity index (χ1n) is 5.45. The standard InChI is InChI=1S/C13H17N/c1-11-5-7-12(8-6-11)10-13-4-2-3-9-14-13/h2-4,9-11H,5-8H2,1H3. The molecule has 1 saturated carbocycles. The monoisotopic (exact) mass is 187 g/mol. The Kier molecular flexibility index (Phi) is 2.97. The van der Waals surface area contributed by atoms with Crippen LogP contribution in [0.3, 0.4) is 0 Å². The lowest BCUT2D eigenvalue weighted by Crippen LogP contribution is -2.03. The molecule has 1 heterocycles. The predicted molar refractivity (Wildman–Crippen MR) is 59.8 cm³/mol. The van der Waals surface area contributed by atoms with Crippen molar-refractivity contribution in [3.05, 3.63) is 35.7 Å². The summed E-state index contributed by atoms with van der Waals surface area (Å²) in [5, 5.41) is 0. The zero-order chi connectivity index (χ0) is 9.80. The quantitative estimate of drug-likeness (QED) is 0.653. The molecule has 0 aliphatic heterocycles. The van der Waals surface area contributed by atoms with Gasteiger partial charge in [-0.05, 0) is 49.8 Å². The minimum Gasteiger partial charge on any atom is -0.257 e. The molecule has 0 atom stereocenters. The van der Waals surface area contributed by atoms with E-state index in [2.05, 4.69) is 24.1 Å². The summed E-state index contributed by atoms with van der Waals surface area (Å²) >= 11 is 0. The fourth-order valence-corrected chi connectivity index (χ4v) is 1.95. The first kappa shape index (κ1) is 9.45. The number of hydrogen-bond donors (Lipinski definition) is 0. The molecule has 1 aromatic rings. The molecule has 0 radical (unpaired) electrons. The van der Waals surface area contributed by atoms with Gasteiger partial charge in [0.1, 0.15) is 0 Å². The summed E-state index contributed by atoms with van der Waals surface area (Å²) in [6.07, 6.45) is 9.33. The Morgan fingerprint density at radius 3 is 2.71 bits per heavy atom. The summed E-state index contributed by atoms with van der Waals surface area (Å²) in [7, 11) is 0. The van der Waals surface area contributed by atoms with Gasteiger partial charge in [0, 0.05) is 6.20 Å². The number of rotatable bonds is 1. The van der Waals surface area contributed by atoms with Crippen molar-refractivity contribution in [2.24, 2.45) is 5.92 Å². The molecule has 1 aliphatic carbocycles. The van der Waals surface area contributed by atoms with E-state index in [1.54, 1.807) is 5.57 Å². The molecule has 2 rings (SSSR count). The highest BCUT2D eigenvalue weighted by Gasteiger charge is 2.11. The predicted octanol–water partition coefficient (Wildman–Crippen LogP) is 3.68. The van der Waals surface area contributed by atoms with Gasteiger partial charge >= 0.3 is 0 Å². The van der Waals surface area contributed by atoms with Crippen molar-refractivity contribution in [2.75, 3.05) is 0 Å². The number of aromatic nitrogens is 1. The second-order valence-electron chi connectivity index (χ2n) is 4.24. The molecule has 1 nitrogen and oxygen atoms in total. The lowest BCUT2D eigenvalue weighted by Gasteiger charge is -2.19. The Balaban J connectivity index is 2.05. The Morgan fingerprint density at radius 1 is 1.29 bits per heavy atom. The van der Waals surface area contributed by atoms with E-state index in [1.165, 1.54) is 25.7 Å². The van der Waals surface area contributed by atoms with Gasteiger partial charge in [-0.2, -0.15) is 0 Å². The van der Waals surface area contributed by atoms with Gasteiger partial charge < -0.3 is 0 Å². The van der Waals surface area contributed by atoms with Crippen molar-refractivity contribution in [1.29, 1.82) is 0 Å². The Morgan fingerprint density at radius 2 is 2.07 bits per heavy atom. The van der Waals surface area contributed by atoms with Crippen LogP contribution in [0.1, 0.15) is 38.3 Å². The number of allylic oxidation sites excluding steroid dienone is 1. The van der Waals surface area contributed by atoms with E-state index in [0.717, 1.165) is 11.6 Å².